The van der Waals surface area contributed by atoms with Crippen molar-refractivity contribution in [3.05, 3.63) is 89.5 Å². The number of sulfonamides is 2. The molecule has 3 aromatic rings. The van der Waals surface area contributed by atoms with Gasteiger partial charge in [-0.1, -0.05) is 35.9 Å². The van der Waals surface area contributed by atoms with Gasteiger partial charge in [0.15, 0.2) is 0 Å². The Labute approximate surface area is 206 Å². The van der Waals surface area contributed by atoms with Crippen molar-refractivity contribution in [2.75, 3.05) is 17.4 Å². The number of benzene rings is 3. The Kier molecular flexibility index (Phi) is 6.98. The highest BCUT2D eigenvalue weighted by Crippen LogP contribution is 2.37. The molecule has 1 heterocycles. The summed E-state index contributed by atoms with van der Waals surface area (Å²) >= 11 is 0. The summed E-state index contributed by atoms with van der Waals surface area (Å²) in [7, 11) is -7.38. The molecule has 0 aromatic heterocycles. The number of aryl methyl sites for hydroxylation is 1. The molecule has 2 N–H and O–H groups in total. The highest BCUT2D eigenvalue weighted by molar-refractivity contribution is 7.93. The van der Waals surface area contributed by atoms with E-state index in [9.17, 15) is 21.6 Å². The largest absolute Gasteiger partial charge is 0.351 e. The minimum absolute atomic E-state index is 0.0347. The summed E-state index contributed by atoms with van der Waals surface area (Å²) in [4.78, 5) is 13.0. The topological polar surface area (TPSA) is 113 Å². The lowest BCUT2D eigenvalue weighted by molar-refractivity contribution is 0.0954. The highest BCUT2D eigenvalue weighted by atomic mass is 32.2. The lowest BCUT2D eigenvalue weighted by Gasteiger charge is -2.24. The number of hydrogen-bond acceptors (Lipinski definition) is 5. The quantitative estimate of drug-likeness (QED) is 0.450. The Morgan fingerprint density at radius 3 is 2.29 bits per heavy atom. The molecular formula is C25H27N3O5S2. The molecule has 0 saturated carbocycles. The minimum Gasteiger partial charge on any atom is -0.351 e. The third kappa shape index (κ3) is 5.24. The first-order valence-electron chi connectivity index (χ1n) is 11.2. The Hall–Kier alpha value is -3.21. The number of anilines is 1. The highest BCUT2D eigenvalue weighted by Gasteiger charge is 2.36. The van der Waals surface area contributed by atoms with E-state index in [1.54, 1.807) is 60.7 Å². The molecule has 184 valence electrons. The first-order chi connectivity index (χ1) is 16.6. The molecule has 1 aliphatic heterocycles. The Morgan fingerprint density at radius 1 is 0.914 bits per heavy atom. The van der Waals surface area contributed by atoms with Crippen LogP contribution in [-0.2, 0) is 26.5 Å². The van der Waals surface area contributed by atoms with Crippen molar-refractivity contribution in [3.8, 4) is 0 Å². The molecule has 0 fully saturated rings. The third-order valence-corrected chi connectivity index (χ3v) is 9.25. The molecule has 3 aromatic carbocycles. The van der Waals surface area contributed by atoms with Gasteiger partial charge in [-0.3, -0.25) is 9.10 Å². The van der Waals surface area contributed by atoms with Gasteiger partial charge in [-0.25, -0.2) is 21.6 Å². The summed E-state index contributed by atoms with van der Waals surface area (Å²) in [6.45, 7) is 3.85. The fourth-order valence-electron chi connectivity index (χ4n) is 4.08. The summed E-state index contributed by atoms with van der Waals surface area (Å²) in [5.74, 6) is -0.362. The smallest absolute Gasteiger partial charge is 0.264 e. The van der Waals surface area contributed by atoms with E-state index in [2.05, 4.69) is 10.0 Å². The van der Waals surface area contributed by atoms with E-state index in [-0.39, 0.29) is 34.8 Å². The molecular weight excluding hydrogens is 486 g/mol. The standard InChI is InChI=1S/C25H27N3O5S2/c1-18-8-11-22(12-9-18)34(30,31)27-15-14-26-25(29)20-10-13-24-21(17-20)16-19(2)28(24)35(32,33)23-6-4-3-5-7-23/h3-13,17,19,27H,14-16H2,1-2H3,(H,26,29). The number of hydrogen-bond donors (Lipinski definition) is 2. The summed E-state index contributed by atoms with van der Waals surface area (Å²) in [6, 6.07) is 19.4. The van der Waals surface area contributed by atoms with Gasteiger partial charge >= 0.3 is 0 Å². The van der Waals surface area contributed by atoms with Crippen molar-refractivity contribution in [2.45, 2.75) is 36.1 Å². The maximum absolute atomic E-state index is 13.2. The van der Waals surface area contributed by atoms with Crippen LogP contribution in [0.25, 0.3) is 0 Å². The average molecular weight is 514 g/mol. The summed E-state index contributed by atoms with van der Waals surface area (Å²) in [6.07, 6.45) is 0.485. The van der Waals surface area contributed by atoms with E-state index in [0.717, 1.165) is 11.1 Å². The third-order valence-electron chi connectivity index (χ3n) is 5.83. The number of nitrogens with one attached hydrogen (secondary N) is 2. The van der Waals surface area contributed by atoms with Crippen molar-refractivity contribution in [1.82, 2.24) is 10.0 Å². The van der Waals surface area contributed by atoms with E-state index in [4.69, 9.17) is 0 Å². The fourth-order valence-corrected chi connectivity index (χ4v) is 6.83. The van der Waals surface area contributed by atoms with E-state index >= 15 is 0 Å². The molecule has 10 heteroatoms. The first kappa shape index (κ1) is 24.9. The molecule has 1 unspecified atom stereocenters. The molecule has 8 nitrogen and oxygen atoms in total. The van der Waals surface area contributed by atoms with Crippen molar-refractivity contribution in [1.29, 1.82) is 0 Å². The molecule has 1 aliphatic rings. The van der Waals surface area contributed by atoms with Crippen LogP contribution in [0, 0.1) is 6.92 Å². The first-order valence-corrected chi connectivity index (χ1v) is 14.1. The maximum Gasteiger partial charge on any atom is 0.264 e. The van der Waals surface area contributed by atoms with Crippen LogP contribution in [-0.4, -0.2) is 41.9 Å². The molecule has 0 spiro atoms. The molecule has 0 radical (unpaired) electrons. The predicted octanol–water partition coefficient (Wildman–Crippen LogP) is 2.84. The van der Waals surface area contributed by atoms with E-state index in [1.165, 1.54) is 16.4 Å². The molecule has 4 rings (SSSR count). The average Bonchev–Trinajstić information content (AvgIpc) is 3.18. The maximum atomic E-state index is 13.2. The number of fused-ring (bicyclic) bond motifs is 1. The number of amides is 1. The Bertz CT molecular complexity index is 1440. The predicted molar refractivity (Wildman–Crippen MR) is 134 cm³/mol. The van der Waals surface area contributed by atoms with Crippen molar-refractivity contribution >= 4 is 31.6 Å². The fraction of sp³-hybridized carbons (Fsp3) is 0.240. The van der Waals surface area contributed by atoms with Crippen LogP contribution in [0.1, 0.15) is 28.4 Å². The van der Waals surface area contributed by atoms with Crippen LogP contribution in [0.3, 0.4) is 0 Å². The minimum atomic E-state index is -3.72. The van der Waals surface area contributed by atoms with Gasteiger partial charge in [0.1, 0.15) is 0 Å². The second kappa shape index (κ2) is 9.80. The SMILES string of the molecule is Cc1ccc(S(=O)(=O)NCCNC(=O)c2ccc3c(c2)CC(C)N3S(=O)(=O)c2ccccc2)cc1. The van der Waals surface area contributed by atoms with Crippen LogP contribution in [0.4, 0.5) is 5.69 Å². The van der Waals surface area contributed by atoms with Gasteiger partial charge in [0, 0.05) is 24.7 Å². The second-order valence-electron chi connectivity index (χ2n) is 8.48. The van der Waals surface area contributed by atoms with Crippen LogP contribution in [0.5, 0.6) is 0 Å². The van der Waals surface area contributed by atoms with Crippen LogP contribution in [0.2, 0.25) is 0 Å². The Balaban J connectivity index is 1.40. The second-order valence-corrected chi connectivity index (χ2v) is 12.1. The van der Waals surface area contributed by atoms with Crippen LogP contribution in [0.15, 0.2) is 82.6 Å². The van der Waals surface area contributed by atoms with E-state index in [0.29, 0.717) is 17.7 Å². The number of carbonyl (C=O) groups excluding carboxylic acids is 1. The zero-order valence-corrected chi connectivity index (χ0v) is 21.1. The van der Waals surface area contributed by atoms with E-state index in [1.807, 2.05) is 13.8 Å². The number of rotatable bonds is 8. The molecule has 0 aliphatic carbocycles. The van der Waals surface area contributed by atoms with Gasteiger partial charge in [0.2, 0.25) is 10.0 Å². The van der Waals surface area contributed by atoms with Gasteiger partial charge in [0.05, 0.1) is 15.5 Å². The molecule has 1 atom stereocenters. The van der Waals surface area contributed by atoms with Gasteiger partial charge in [0.25, 0.3) is 15.9 Å². The van der Waals surface area contributed by atoms with Crippen LogP contribution < -0.4 is 14.3 Å². The molecule has 1 amide bonds. The zero-order valence-electron chi connectivity index (χ0n) is 19.4. The van der Waals surface area contributed by atoms with Gasteiger partial charge in [-0.2, -0.15) is 0 Å². The number of nitrogens with zero attached hydrogens (tertiary/aromatic N) is 1. The summed E-state index contributed by atoms with van der Waals surface area (Å²) < 4.78 is 55.0. The molecule has 35 heavy (non-hydrogen) atoms. The van der Waals surface area contributed by atoms with Gasteiger partial charge in [-0.05, 0) is 68.3 Å². The van der Waals surface area contributed by atoms with Crippen LogP contribution >= 0.6 is 0 Å². The molecule has 0 saturated heterocycles. The van der Waals surface area contributed by atoms with Gasteiger partial charge in [-0.15, -0.1) is 0 Å². The van der Waals surface area contributed by atoms with Crippen molar-refractivity contribution in [2.24, 2.45) is 0 Å². The lowest BCUT2D eigenvalue weighted by Crippen LogP contribution is -2.35. The molecule has 0 bridgehead atoms. The van der Waals surface area contributed by atoms with Crippen molar-refractivity contribution in [3.63, 3.8) is 0 Å². The van der Waals surface area contributed by atoms with Gasteiger partial charge < -0.3 is 5.32 Å². The van der Waals surface area contributed by atoms with Crippen molar-refractivity contribution < 1.29 is 21.6 Å². The lowest BCUT2D eigenvalue weighted by atomic mass is 10.1. The summed E-state index contributed by atoms with van der Waals surface area (Å²) in [5, 5.41) is 2.70. The summed E-state index contributed by atoms with van der Waals surface area (Å²) in [5.41, 5.74) is 2.67. The Morgan fingerprint density at radius 2 is 1.60 bits per heavy atom. The van der Waals surface area contributed by atoms with E-state index < -0.39 is 20.0 Å². The zero-order chi connectivity index (χ0) is 25.2. The number of carbonyl (C=O) groups is 1. The monoisotopic (exact) mass is 513 g/mol. The normalized spacial score (nSPS) is 15.6.